The minimum Gasteiger partial charge on any atom is -0.360 e. The first-order valence-corrected chi connectivity index (χ1v) is 8.26. The Morgan fingerprint density at radius 2 is 2.00 bits per heavy atom. The number of rotatable bonds is 4. The van der Waals surface area contributed by atoms with E-state index in [1.807, 2.05) is 22.8 Å². The van der Waals surface area contributed by atoms with Crippen LogP contribution in [0.3, 0.4) is 0 Å². The molecule has 5 rings (SSSR count). The lowest BCUT2D eigenvalue weighted by Gasteiger charge is -2.10. The third-order valence-electron chi connectivity index (χ3n) is 4.17. The average molecular weight is 360 g/mol. The van der Waals surface area contributed by atoms with Crippen molar-refractivity contribution in [3.05, 3.63) is 73.0 Å². The highest BCUT2D eigenvalue weighted by Crippen LogP contribution is 2.22. The zero-order chi connectivity index (χ0) is 18.2. The zero-order valence-electron chi connectivity index (χ0n) is 14.0. The normalized spacial score (nSPS) is 11.3. The van der Waals surface area contributed by atoms with E-state index in [9.17, 15) is 4.39 Å². The molecule has 0 unspecified atom stereocenters. The second-order valence-electron chi connectivity index (χ2n) is 5.84. The molecule has 0 saturated carbocycles. The molecule has 9 heteroatoms. The van der Waals surface area contributed by atoms with Crippen LogP contribution >= 0.6 is 0 Å². The molecule has 0 bridgehead atoms. The number of pyridine rings is 1. The van der Waals surface area contributed by atoms with Crippen LogP contribution in [0.5, 0.6) is 0 Å². The van der Waals surface area contributed by atoms with Gasteiger partial charge in [-0.05, 0) is 24.3 Å². The van der Waals surface area contributed by atoms with Crippen molar-refractivity contribution in [1.82, 2.24) is 34.1 Å². The number of hydrogen-bond acceptors (Lipinski definition) is 6. The third kappa shape index (κ3) is 2.65. The lowest BCUT2D eigenvalue weighted by molar-refractivity contribution is 0.629. The predicted molar refractivity (Wildman–Crippen MR) is 96.9 cm³/mol. The van der Waals surface area contributed by atoms with Gasteiger partial charge >= 0.3 is 0 Å². The number of imidazole rings is 2. The van der Waals surface area contributed by atoms with E-state index in [1.54, 1.807) is 29.2 Å². The molecule has 0 amide bonds. The van der Waals surface area contributed by atoms with Crippen molar-refractivity contribution in [2.45, 2.75) is 6.54 Å². The summed E-state index contributed by atoms with van der Waals surface area (Å²) in [7, 11) is 0. The van der Waals surface area contributed by atoms with Crippen molar-refractivity contribution >= 4 is 22.5 Å². The number of anilines is 1. The Balaban J connectivity index is 1.59. The van der Waals surface area contributed by atoms with Gasteiger partial charge in [0.05, 0.1) is 17.6 Å². The van der Waals surface area contributed by atoms with Gasteiger partial charge in [0.15, 0.2) is 11.5 Å². The lowest BCUT2D eigenvalue weighted by atomic mass is 10.3. The molecule has 5 aromatic rings. The van der Waals surface area contributed by atoms with E-state index < -0.39 is 0 Å². The first-order chi connectivity index (χ1) is 13.3. The summed E-state index contributed by atoms with van der Waals surface area (Å²) in [4.78, 5) is 17.5. The molecule has 0 fully saturated rings. The maximum atomic E-state index is 13.8. The Bertz CT molecular complexity index is 1240. The molecule has 132 valence electrons. The maximum Gasteiger partial charge on any atom is 0.196 e. The Labute approximate surface area is 152 Å². The molecule has 0 radical (unpaired) electrons. The van der Waals surface area contributed by atoms with Crippen LogP contribution in [0.4, 0.5) is 10.2 Å². The first kappa shape index (κ1) is 15.4. The molecule has 4 aromatic heterocycles. The highest BCUT2D eigenvalue weighted by atomic mass is 19.1. The van der Waals surface area contributed by atoms with Crippen LogP contribution in [-0.2, 0) is 6.54 Å². The zero-order valence-corrected chi connectivity index (χ0v) is 14.0. The number of nitrogens with zero attached hydrogens (tertiary/aromatic N) is 7. The van der Waals surface area contributed by atoms with Crippen LogP contribution in [0.1, 0.15) is 5.82 Å². The van der Waals surface area contributed by atoms with E-state index in [2.05, 4.69) is 30.4 Å². The van der Waals surface area contributed by atoms with E-state index in [-0.39, 0.29) is 5.82 Å². The fraction of sp³-hybridized carbons (Fsp3) is 0.0556. The number of benzene rings is 1. The molecule has 1 aromatic carbocycles. The van der Waals surface area contributed by atoms with Gasteiger partial charge < -0.3 is 5.32 Å². The second kappa shape index (κ2) is 6.13. The van der Waals surface area contributed by atoms with Crippen LogP contribution in [0.15, 0.2) is 61.3 Å². The van der Waals surface area contributed by atoms with Crippen molar-refractivity contribution in [1.29, 1.82) is 0 Å². The summed E-state index contributed by atoms with van der Waals surface area (Å²) in [5, 5.41) is 7.33. The maximum absolute atomic E-state index is 13.8. The molecule has 0 aliphatic carbocycles. The van der Waals surface area contributed by atoms with E-state index in [0.29, 0.717) is 40.7 Å². The van der Waals surface area contributed by atoms with Crippen LogP contribution in [0, 0.1) is 5.82 Å². The molecule has 1 N–H and O–H groups in total. The number of hydrogen-bond donors (Lipinski definition) is 1. The SMILES string of the molecule is Fc1ccc2nc(CNc3ncnn4ccnc34)n(-c3ccccn3)c2c1. The summed E-state index contributed by atoms with van der Waals surface area (Å²) >= 11 is 0. The van der Waals surface area contributed by atoms with E-state index in [1.165, 1.54) is 18.5 Å². The summed E-state index contributed by atoms with van der Waals surface area (Å²) in [6.45, 7) is 0.354. The van der Waals surface area contributed by atoms with Gasteiger partial charge in [-0.3, -0.25) is 4.57 Å². The van der Waals surface area contributed by atoms with Crippen LogP contribution in [0.25, 0.3) is 22.5 Å². The third-order valence-corrected chi connectivity index (χ3v) is 4.17. The molecule has 4 heterocycles. The molecule has 0 spiro atoms. The van der Waals surface area contributed by atoms with Gasteiger partial charge in [0.2, 0.25) is 0 Å². The molecule has 0 aliphatic heterocycles. The molecule has 0 saturated heterocycles. The van der Waals surface area contributed by atoms with Gasteiger partial charge in [0.1, 0.15) is 23.8 Å². The monoisotopic (exact) mass is 360 g/mol. The van der Waals surface area contributed by atoms with Gasteiger partial charge in [-0.25, -0.2) is 28.8 Å². The van der Waals surface area contributed by atoms with Gasteiger partial charge in [0.25, 0.3) is 0 Å². The number of halogens is 1. The molecular formula is C18H13FN8. The van der Waals surface area contributed by atoms with E-state index in [0.717, 1.165) is 0 Å². The van der Waals surface area contributed by atoms with Gasteiger partial charge in [0, 0.05) is 24.7 Å². The number of fused-ring (bicyclic) bond motifs is 2. The smallest absolute Gasteiger partial charge is 0.196 e. The van der Waals surface area contributed by atoms with Gasteiger partial charge in [-0.15, -0.1) is 0 Å². The lowest BCUT2D eigenvalue weighted by Crippen LogP contribution is -2.10. The summed E-state index contributed by atoms with van der Waals surface area (Å²) in [6.07, 6.45) is 6.54. The van der Waals surface area contributed by atoms with Crippen LogP contribution in [-0.4, -0.2) is 34.1 Å². The summed E-state index contributed by atoms with van der Waals surface area (Å²) in [5.41, 5.74) is 1.95. The van der Waals surface area contributed by atoms with Crippen molar-refractivity contribution < 1.29 is 4.39 Å². The van der Waals surface area contributed by atoms with Crippen LogP contribution in [0.2, 0.25) is 0 Å². The first-order valence-electron chi connectivity index (χ1n) is 8.26. The Hall–Kier alpha value is -3.88. The quantitative estimate of drug-likeness (QED) is 0.530. The topological polar surface area (TPSA) is 85.8 Å². The molecule has 0 aliphatic rings. The largest absolute Gasteiger partial charge is 0.360 e. The number of aromatic nitrogens is 7. The number of nitrogens with one attached hydrogen (secondary N) is 1. The minimum absolute atomic E-state index is 0.325. The van der Waals surface area contributed by atoms with Crippen molar-refractivity contribution in [3.63, 3.8) is 0 Å². The summed E-state index contributed by atoms with van der Waals surface area (Å²) < 4.78 is 17.3. The fourth-order valence-corrected chi connectivity index (χ4v) is 3.00. The molecule has 0 atom stereocenters. The molecular weight excluding hydrogens is 347 g/mol. The van der Waals surface area contributed by atoms with Gasteiger partial charge in [-0.1, -0.05) is 6.07 Å². The highest BCUT2D eigenvalue weighted by Gasteiger charge is 2.15. The van der Waals surface area contributed by atoms with Crippen molar-refractivity contribution in [3.8, 4) is 5.82 Å². The molecule has 8 nitrogen and oxygen atoms in total. The Morgan fingerprint density at radius 1 is 1.04 bits per heavy atom. The predicted octanol–water partition coefficient (Wildman–Crippen LogP) is 2.61. The Morgan fingerprint density at radius 3 is 2.89 bits per heavy atom. The van der Waals surface area contributed by atoms with Gasteiger partial charge in [-0.2, -0.15) is 5.10 Å². The average Bonchev–Trinajstić information content (AvgIpc) is 3.31. The molecule has 27 heavy (non-hydrogen) atoms. The second-order valence-corrected chi connectivity index (χ2v) is 5.84. The minimum atomic E-state index is -0.325. The standard InChI is InChI=1S/C18H13FN8/c19-12-4-5-13-14(9-12)27(15-3-1-2-6-20-15)16(25-13)10-22-17-18-21-7-8-26(18)24-11-23-17/h1-9,11H,10H2,(H,22,23,24). The van der Waals surface area contributed by atoms with Crippen molar-refractivity contribution in [2.75, 3.05) is 5.32 Å². The highest BCUT2D eigenvalue weighted by molar-refractivity contribution is 5.78. The Kier molecular flexibility index (Phi) is 3.49. The summed E-state index contributed by atoms with van der Waals surface area (Å²) in [5.74, 6) is 1.60. The van der Waals surface area contributed by atoms with E-state index in [4.69, 9.17) is 0 Å². The fourth-order valence-electron chi connectivity index (χ4n) is 3.00. The summed E-state index contributed by atoms with van der Waals surface area (Å²) in [6, 6.07) is 10.1. The van der Waals surface area contributed by atoms with Crippen LogP contribution < -0.4 is 5.32 Å². The van der Waals surface area contributed by atoms with E-state index >= 15 is 0 Å². The van der Waals surface area contributed by atoms with Crippen molar-refractivity contribution in [2.24, 2.45) is 0 Å².